The maximum atomic E-state index is 5.83. The fourth-order valence-electron chi connectivity index (χ4n) is 1.63. The molecule has 0 fully saturated rings. The van der Waals surface area contributed by atoms with Gasteiger partial charge in [-0.15, -0.1) is 0 Å². The van der Waals surface area contributed by atoms with Crippen molar-refractivity contribution in [1.82, 2.24) is 9.97 Å². The molecule has 0 unspecified atom stereocenters. The van der Waals surface area contributed by atoms with Crippen LogP contribution >= 0.6 is 0 Å². The number of nitrogens with zero attached hydrogens (tertiary/aromatic N) is 3. The van der Waals surface area contributed by atoms with E-state index in [1.165, 1.54) is 0 Å². The molecule has 0 aromatic carbocycles. The van der Waals surface area contributed by atoms with Crippen LogP contribution in [0.3, 0.4) is 0 Å². The first-order valence-corrected chi connectivity index (χ1v) is 5.45. The van der Waals surface area contributed by atoms with Crippen molar-refractivity contribution in [2.75, 3.05) is 23.7 Å². The van der Waals surface area contributed by atoms with E-state index in [4.69, 9.17) is 5.73 Å². The van der Waals surface area contributed by atoms with Gasteiger partial charge in [0.05, 0.1) is 0 Å². The molecule has 4 nitrogen and oxygen atoms in total. The predicted molar refractivity (Wildman–Crippen MR) is 64.1 cm³/mol. The third-order valence-electron chi connectivity index (χ3n) is 2.44. The van der Waals surface area contributed by atoms with Crippen molar-refractivity contribution in [2.24, 2.45) is 0 Å². The number of nitrogen functional groups attached to an aromatic ring is 1. The van der Waals surface area contributed by atoms with Crippen LogP contribution in [-0.4, -0.2) is 23.1 Å². The minimum Gasteiger partial charge on any atom is -0.383 e. The normalized spacial score (nSPS) is 10.4. The number of hydrogen-bond donors (Lipinski definition) is 1. The van der Waals surface area contributed by atoms with E-state index in [9.17, 15) is 0 Å². The lowest BCUT2D eigenvalue weighted by Crippen LogP contribution is -2.26. The fraction of sp³-hybridized carbons (Fsp3) is 0.636. The van der Waals surface area contributed by atoms with Crippen molar-refractivity contribution in [1.29, 1.82) is 0 Å². The smallest absolute Gasteiger partial charge is 0.137 e. The highest BCUT2D eigenvalue weighted by Crippen LogP contribution is 2.21. The molecular weight excluding hydrogens is 188 g/mol. The highest BCUT2D eigenvalue weighted by Gasteiger charge is 2.11. The van der Waals surface area contributed by atoms with Crippen LogP contribution in [0.4, 0.5) is 11.6 Å². The summed E-state index contributed by atoms with van der Waals surface area (Å²) in [6.07, 6.45) is 1.11. The molecule has 4 heteroatoms. The Bertz CT molecular complexity index is 336. The molecule has 0 aliphatic carbocycles. The maximum absolute atomic E-state index is 5.83. The lowest BCUT2D eigenvalue weighted by atomic mass is 10.2. The Hall–Kier alpha value is -1.32. The van der Waals surface area contributed by atoms with Gasteiger partial charge in [0, 0.05) is 18.7 Å². The van der Waals surface area contributed by atoms with Gasteiger partial charge in [0.2, 0.25) is 0 Å². The average Bonchev–Trinajstić information content (AvgIpc) is 2.20. The van der Waals surface area contributed by atoms with Crippen molar-refractivity contribution in [3.8, 4) is 0 Å². The van der Waals surface area contributed by atoms with Gasteiger partial charge in [-0.2, -0.15) is 0 Å². The van der Waals surface area contributed by atoms with E-state index in [1.807, 2.05) is 13.8 Å². The molecule has 1 heterocycles. The van der Waals surface area contributed by atoms with E-state index in [1.54, 1.807) is 0 Å². The first kappa shape index (κ1) is 11.8. The zero-order chi connectivity index (χ0) is 11.4. The number of rotatable bonds is 4. The van der Waals surface area contributed by atoms with E-state index in [0.29, 0.717) is 5.82 Å². The molecule has 15 heavy (non-hydrogen) atoms. The Morgan fingerprint density at radius 1 is 1.20 bits per heavy atom. The molecule has 0 atom stereocenters. The number of nitrogens with two attached hydrogens (primary N) is 1. The predicted octanol–water partition coefficient (Wildman–Crippen LogP) is 1.91. The average molecular weight is 208 g/mol. The van der Waals surface area contributed by atoms with Crippen molar-refractivity contribution >= 4 is 11.6 Å². The molecule has 0 spiro atoms. The zero-order valence-electron chi connectivity index (χ0n) is 10.0. The third kappa shape index (κ3) is 2.58. The summed E-state index contributed by atoms with van der Waals surface area (Å²) in [5.41, 5.74) is 6.81. The number of anilines is 2. The van der Waals surface area contributed by atoms with E-state index in [2.05, 4.69) is 28.7 Å². The van der Waals surface area contributed by atoms with Crippen molar-refractivity contribution in [3.05, 3.63) is 11.4 Å². The largest absolute Gasteiger partial charge is 0.383 e. The second-order valence-electron chi connectivity index (χ2n) is 3.68. The highest BCUT2D eigenvalue weighted by molar-refractivity contribution is 5.56. The Labute approximate surface area is 91.5 Å². The number of hydrogen-bond acceptors (Lipinski definition) is 4. The molecule has 0 saturated heterocycles. The SMILES string of the molecule is CCCN(CC)c1nc(C)nc(N)c1C. The Morgan fingerprint density at radius 3 is 2.40 bits per heavy atom. The molecule has 1 aromatic rings. The van der Waals surface area contributed by atoms with Gasteiger partial charge in [-0.05, 0) is 27.2 Å². The molecule has 2 N–H and O–H groups in total. The summed E-state index contributed by atoms with van der Waals surface area (Å²) < 4.78 is 0. The van der Waals surface area contributed by atoms with E-state index < -0.39 is 0 Å². The molecule has 0 saturated carbocycles. The first-order chi connectivity index (χ1) is 7.10. The standard InChI is InChI=1S/C11H20N4/c1-5-7-15(6-2)11-8(3)10(12)13-9(4)14-11/h5-7H2,1-4H3,(H2,12,13,14). The summed E-state index contributed by atoms with van der Waals surface area (Å²) >= 11 is 0. The van der Waals surface area contributed by atoms with E-state index in [-0.39, 0.29) is 0 Å². The van der Waals surface area contributed by atoms with Crippen LogP contribution in [-0.2, 0) is 0 Å². The maximum Gasteiger partial charge on any atom is 0.137 e. The van der Waals surface area contributed by atoms with Gasteiger partial charge in [-0.3, -0.25) is 0 Å². The van der Waals surface area contributed by atoms with Crippen LogP contribution in [0.15, 0.2) is 0 Å². The lowest BCUT2D eigenvalue weighted by Gasteiger charge is -2.23. The Balaban J connectivity index is 3.10. The van der Waals surface area contributed by atoms with Crippen LogP contribution in [0.5, 0.6) is 0 Å². The van der Waals surface area contributed by atoms with E-state index in [0.717, 1.165) is 36.7 Å². The quantitative estimate of drug-likeness (QED) is 0.821. The molecule has 0 aliphatic heterocycles. The monoisotopic (exact) mass is 208 g/mol. The van der Waals surface area contributed by atoms with Gasteiger partial charge >= 0.3 is 0 Å². The van der Waals surface area contributed by atoms with Crippen LogP contribution in [0, 0.1) is 13.8 Å². The summed E-state index contributed by atoms with van der Waals surface area (Å²) in [4.78, 5) is 10.8. The molecule has 1 rings (SSSR count). The molecule has 0 amide bonds. The minimum atomic E-state index is 0.590. The fourth-order valence-corrected chi connectivity index (χ4v) is 1.63. The summed E-state index contributed by atoms with van der Waals surface area (Å²) in [6, 6.07) is 0. The highest BCUT2D eigenvalue weighted by atomic mass is 15.2. The van der Waals surface area contributed by atoms with Gasteiger partial charge in [0.15, 0.2) is 0 Å². The number of aryl methyl sites for hydroxylation is 1. The van der Waals surface area contributed by atoms with Crippen LogP contribution in [0.25, 0.3) is 0 Å². The Kier molecular flexibility index (Phi) is 3.88. The lowest BCUT2D eigenvalue weighted by molar-refractivity contribution is 0.769. The van der Waals surface area contributed by atoms with Crippen LogP contribution in [0.1, 0.15) is 31.7 Å². The van der Waals surface area contributed by atoms with Gasteiger partial charge in [-0.1, -0.05) is 6.92 Å². The second-order valence-corrected chi connectivity index (χ2v) is 3.68. The number of aromatic nitrogens is 2. The molecular formula is C11H20N4. The summed E-state index contributed by atoms with van der Waals surface area (Å²) in [5.74, 6) is 2.30. The minimum absolute atomic E-state index is 0.590. The van der Waals surface area contributed by atoms with Crippen LogP contribution in [0.2, 0.25) is 0 Å². The topological polar surface area (TPSA) is 55.0 Å². The van der Waals surface area contributed by atoms with Crippen molar-refractivity contribution in [3.63, 3.8) is 0 Å². The Morgan fingerprint density at radius 2 is 1.87 bits per heavy atom. The molecule has 0 bridgehead atoms. The summed E-state index contributed by atoms with van der Waals surface area (Å²) in [7, 11) is 0. The van der Waals surface area contributed by atoms with Crippen LogP contribution < -0.4 is 10.6 Å². The van der Waals surface area contributed by atoms with Crippen molar-refractivity contribution in [2.45, 2.75) is 34.1 Å². The first-order valence-electron chi connectivity index (χ1n) is 5.45. The molecule has 84 valence electrons. The van der Waals surface area contributed by atoms with Gasteiger partial charge < -0.3 is 10.6 Å². The second kappa shape index (κ2) is 4.96. The molecule has 0 radical (unpaired) electrons. The van der Waals surface area contributed by atoms with Crippen molar-refractivity contribution < 1.29 is 0 Å². The molecule has 0 aliphatic rings. The van der Waals surface area contributed by atoms with Gasteiger partial charge in [-0.25, -0.2) is 9.97 Å². The van der Waals surface area contributed by atoms with Gasteiger partial charge in [0.1, 0.15) is 17.5 Å². The third-order valence-corrected chi connectivity index (χ3v) is 2.44. The van der Waals surface area contributed by atoms with Gasteiger partial charge in [0.25, 0.3) is 0 Å². The summed E-state index contributed by atoms with van der Waals surface area (Å²) in [6.45, 7) is 10.1. The zero-order valence-corrected chi connectivity index (χ0v) is 10.0. The summed E-state index contributed by atoms with van der Waals surface area (Å²) in [5, 5.41) is 0. The molecule has 1 aromatic heterocycles. The van der Waals surface area contributed by atoms with E-state index >= 15 is 0 Å².